The Hall–Kier alpha value is -3.34. The van der Waals surface area contributed by atoms with E-state index in [1.165, 1.54) is 0 Å². The highest BCUT2D eigenvalue weighted by atomic mass is 32.2. The van der Waals surface area contributed by atoms with E-state index in [1.54, 1.807) is 18.3 Å². The van der Waals surface area contributed by atoms with Crippen LogP contribution in [0.1, 0.15) is 12.5 Å². The molecule has 0 bridgehead atoms. The largest absolute Gasteiger partial charge is 0.381 e. The Balaban J connectivity index is 1.50. The molecule has 1 aromatic carbocycles. The Morgan fingerprint density at radius 3 is 2.70 bits per heavy atom. The molecular formula is C27H29N5O4S. The van der Waals surface area contributed by atoms with Crippen molar-refractivity contribution in [2.45, 2.75) is 24.8 Å². The molecule has 2 aliphatic rings. The van der Waals surface area contributed by atoms with Crippen molar-refractivity contribution in [1.82, 2.24) is 19.9 Å². The smallest absolute Gasteiger partial charge is 0.178 e. The Bertz CT molecular complexity index is 1560. The van der Waals surface area contributed by atoms with Crippen molar-refractivity contribution in [3.8, 4) is 22.6 Å². The molecule has 192 valence electrons. The van der Waals surface area contributed by atoms with Gasteiger partial charge >= 0.3 is 0 Å². The summed E-state index contributed by atoms with van der Waals surface area (Å²) in [4.78, 5) is 20.0. The molecule has 6 rings (SSSR count). The Labute approximate surface area is 215 Å². The number of sulfone groups is 1. The van der Waals surface area contributed by atoms with Crippen molar-refractivity contribution >= 4 is 26.7 Å². The third kappa shape index (κ3) is 4.60. The van der Waals surface area contributed by atoms with Gasteiger partial charge in [0.1, 0.15) is 11.5 Å². The Morgan fingerprint density at radius 2 is 1.92 bits per heavy atom. The summed E-state index contributed by atoms with van der Waals surface area (Å²) in [6.45, 7) is 7.02. The Morgan fingerprint density at radius 1 is 1.05 bits per heavy atom. The molecule has 1 atom stereocenters. The van der Waals surface area contributed by atoms with Crippen molar-refractivity contribution in [2.75, 3.05) is 43.6 Å². The molecule has 1 N–H and O–H groups in total. The minimum Gasteiger partial charge on any atom is -0.381 e. The molecule has 2 fully saturated rings. The molecule has 2 aliphatic heterocycles. The standard InChI is InChI=1S/C27H29N5O4S/c1-17-3-4-20(37(33,34)16-19-14-36-15-19)11-23(17)24-12-25(32-9-10-35-13-18(32)2)31-27(30-24)22-6-8-29-26-21(22)5-7-28-26/h3-8,11-12,18-19H,9-10,13-16H2,1-2H3,(H,28,29)/t18-/m1/s1. The minimum absolute atomic E-state index is 0.0465. The van der Waals surface area contributed by atoms with E-state index in [0.717, 1.165) is 33.5 Å². The maximum Gasteiger partial charge on any atom is 0.178 e. The molecule has 37 heavy (non-hydrogen) atoms. The van der Waals surface area contributed by atoms with Crippen LogP contribution in [0, 0.1) is 12.8 Å². The molecule has 0 amide bonds. The molecule has 9 nitrogen and oxygen atoms in total. The van der Waals surface area contributed by atoms with Gasteiger partial charge in [-0.2, -0.15) is 0 Å². The van der Waals surface area contributed by atoms with E-state index in [9.17, 15) is 8.42 Å². The number of aryl methyl sites for hydroxylation is 1. The van der Waals surface area contributed by atoms with Crippen LogP contribution in [-0.2, 0) is 19.3 Å². The van der Waals surface area contributed by atoms with E-state index in [4.69, 9.17) is 19.4 Å². The molecule has 10 heteroatoms. The number of hydrogen-bond donors (Lipinski definition) is 1. The van der Waals surface area contributed by atoms with Gasteiger partial charge in [-0.25, -0.2) is 23.4 Å². The average Bonchev–Trinajstić information content (AvgIpc) is 3.36. The number of ether oxygens (including phenoxy) is 2. The van der Waals surface area contributed by atoms with Crippen LogP contribution in [0.15, 0.2) is 53.7 Å². The SMILES string of the molecule is Cc1ccc(S(=O)(=O)CC2COC2)cc1-c1cc(N2CCOC[C@H]2C)nc(-c2ccnc3[nH]ccc23)n1. The molecule has 0 aliphatic carbocycles. The summed E-state index contributed by atoms with van der Waals surface area (Å²) in [7, 11) is -3.45. The van der Waals surface area contributed by atoms with Crippen LogP contribution in [0.25, 0.3) is 33.7 Å². The fourth-order valence-electron chi connectivity index (χ4n) is 4.92. The minimum atomic E-state index is -3.45. The zero-order valence-electron chi connectivity index (χ0n) is 20.8. The first-order chi connectivity index (χ1) is 17.9. The summed E-state index contributed by atoms with van der Waals surface area (Å²) in [6, 6.07) is 11.3. The van der Waals surface area contributed by atoms with Gasteiger partial charge in [0.15, 0.2) is 15.7 Å². The average molecular weight is 520 g/mol. The van der Waals surface area contributed by atoms with Gasteiger partial charge in [0.05, 0.1) is 48.8 Å². The van der Waals surface area contributed by atoms with Gasteiger partial charge in [-0.3, -0.25) is 0 Å². The van der Waals surface area contributed by atoms with Gasteiger partial charge in [0.2, 0.25) is 0 Å². The van der Waals surface area contributed by atoms with Crippen molar-refractivity contribution in [3.63, 3.8) is 0 Å². The number of anilines is 1. The quantitative estimate of drug-likeness (QED) is 0.411. The van der Waals surface area contributed by atoms with Crippen molar-refractivity contribution in [2.24, 2.45) is 5.92 Å². The van der Waals surface area contributed by atoms with Crippen LogP contribution in [0.4, 0.5) is 5.82 Å². The first-order valence-electron chi connectivity index (χ1n) is 12.5. The Kier molecular flexibility index (Phi) is 6.18. The summed E-state index contributed by atoms with van der Waals surface area (Å²) in [5.41, 5.74) is 4.02. The lowest BCUT2D eigenvalue weighted by molar-refractivity contribution is -0.0204. The van der Waals surface area contributed by atoms with E-state index >= 15 is 0 Å². The lowest BCUT2D eigenvalue weighted by Crippen LogP contribution is -2.44. The third-order valence-corrected chi connectivity index (χ3v) is 8.96. The number of H-pyrrole nitrogens is 1. The number of rotatable bonds is 6. The van der Waals surface area contributed by atoms with Crippen LogP contribution in [-0.4, -0.2) is 73.1 Å². The summed E-state index contributed by atoms with van der Waals surface area (Å²) < 4.78 is 37.2. The first kappa shape index (κ1) is 24.0. The maximum absolute atomic E-state index is 13.2. The fraction of sp³-hybridized carbons (Fsp3) is 0.370. The summed E-state index contributed by atoms with van der Waals surface area (Å²) >= 11 is 0. The van der Waals surface area contributed by atoms with Gasteiger partial charge in [0.25, 0.3) is 0 Å². The summed E-state index contributed by atoms with van der Waals surface area (Å²) in [5, 5.41) is 0.927. The maximum atomic E-state index is 13.2. The lowest BCUT2D eigenvalue weighted by Gasteiger charge is -2.34. The molecule has 4 aromatic rings. The number of aromatic amines is 1. The van der Waals surface area contributed by atoms with Gasteiger partial charge in [0, 0.05) is 47.4 Å². The van der Waals surface area contributed by atoms with Crippen LogP contribution in [0.2, 0.25) is 0 Å². The van der Waals surface area contributed by atoms with Crippen LogP contribution >= 0.6 is 0 Å². The molecule has 0 radical (unpaired) electrons. The van der Waals surface area contributed by atoms with E-state index in [1.807, 2.05) is 37.4 Å². The fourth-order valence-corrected chi connectivity index (χ4v) is 6.50. The number of fused-ring (bicyclic) bond motifs is 1. The molecule has 2 saturated heterocycles. The monoisotopic (exact) mass is 519 g/mol. The second-order valence-electron chi connectivity index (χ2n) is 9.81. The van der Waals surface area contributed by atoms with E-state index in [0.29, 0.717) is 49.4 Å². The second kappa shape index (κ2) is 9.51. The number of morpholine rings is 1. The highest BCUT2D eigenvalue weighted by Gasteiger charge is 2.28. The van der Waals surface area contributed by atoms with Crippen LogP contribution in [0.5, 0.6) is 0 Å². The van der Waals surface area contributed by atoms with Gasteiger partial charge in [-0.05, 0) is 43.7 Å². The molecule has 0 saturated carbocycles. The number of hydrogen-bond acceptors (Lipinski definition) is 8. The van der Waals surface area contributed by atoms with Crippen LogP contribution < -0.4 is 4.90 Å². The zero-order chi connectivity index (χ0) is 25.6. The second-order valence-corrected chi connectivity index (χ2v) is 11.8. The van der Waals surface area contributed by atoms with Gasteiger partial charge < -0.3 is 19.4 Å². The normalized spacial score (nSPS) is 18.8. The molecule has 5 heterocycles. The molecule has 3 aromatic heterocycles. The highest BCUT2D eigenvalue weighted by molar-refractivity contribution is 7.91. The summed E-state index contributed by atoms with van der Waals surface area (Å²) in [5.74, 6) is 1.49. The number of aromatic nitrogens is 4. The highest BCUT2D eigenvalue weighted by Crippen LogP contribution is 2.33. The van der Waals surface area contributed by atoms with Crippen LogP contribution in [0.3, 0.4) is 0 Å². The summed E-state index contributed by atoms with van der Waals surface area (Å²) in [6.07, 6.45) is 3.59. The molecule has 0 spiro atoms. The van der Waals surface area contributed by atoms with Crippen molar-refractivity contribution in [3.05, 3.63) is 54.4 Å². The van der Waals surface area contributed by atoms with E-state index < -0.39 is 9.84 Å². The van der Waals surface area contributed by atoms with Crippen molar-refractivity contribution < 1.29 is 17.9 Å². The number of benzene rings is 1. The predicted molar refractivity (Wildman–Crippen MR) is 141 cm³/mol. The number of nitrogens with one attached hydrogen (secondary N) is 1. The first-order valence-corrected chi connectivity index (χ1v) is 14.1. The topological polar surface area (TPSA) is 110 Å². The van der Waals surface area contributed by atoms with Gasteiger partial charge in [-0.15, -0.1) is 0 Å². The number of pyridine rings is 1. The molecular weight excluding hydrogens is 490 g/mol. The predicted octanol–water partition coefficient (Wildman–Crippen LogP) is 3.64. The van der Waals surface area contributed by atoms with E-state index in [2.05, 4.69) is 21.8 Å². The van der Waals surface area contributed by atoms with Crippen molar-refractivity contribution in [1.29, 1.82) is 0 Å². The number of nitrogens with zero attached hydrogens (tertiary/aromatic N) is 4. The lowest BCUT2D eigenvalue weighted by atomic mass is 10.0. The zero-order valence-corrected chi connectivity index (χ0v) is 21.7. The third-order valence-electron chi connectivity index (χ3n) is 7.08. The van der Waals surface area contributed by atoms with Gasteiger partial charge in [-0.1, -0.05) is 6.07 Å². The molecule has 0 unspecified atom stereocenters. The van der Waals surface area contributed by atoms with E-state index in [-0.39, 0.29) is 17.7 Å².